The molecule has 1 amide bonds. The Hall–Kier alpha value is -2.66. The summed E-state index contributed by atoms with van der Waals surface area (Å²) in [7, 11) is 0. The van der Waals surface area contributed by atoms with Crippen molar-refractivity contribution in [1.82, 2.24) is 14.5 Å². The Kier molecular flexibility index (Phi) is 5.91. The van der Waals surface area contributed by atoms with Gasteiger partial charge in [-0.25, -0.2) is 4.98 Å². The van der Waals surface area contributed by atoms with E-state index in [0.717, 1.165) is 35.3 Å². The quantitative estimate of drug-likeness (QED) is 0.553. The SMILES string of the molecule is Cc1cc(Cl)ccc1C(=O)[C@@H]1CCCN(C(=O)CCn2c(C)nc3ccccc32)C1. The Morgan fingerprint density at radius 2 is 1.97 bits per heavy atom. The summed E-state index contributed by atoms with van der Waals surface area (Å²) in [6, 6.07) is 13.3. The van der Waals surface area contributed by atoms with Gasteiger partial charge < -0.3 is 9.47 Å². The molecule has 0 unspecified atom stereocenters. The first-order chi connectivity index (χ1) is 14.4. The highest BCUT2D eigenvalue weighted by molar-refractivity contribution is 6.30. The fraction of sp³-hybridized carbons (Fsp3) is 0.375. The molecule has 6 heteroatoms. The summed E-state index contributed by atoms with van der Waals surface area (Å²) in [5.41, 5.74) is 3.59. The molecule has 4 rings (SSSR count). The Labute approximate surface area is 181 Å². The van der Waals surface area contributed by atoms with E-state index in [1.165, 1.54) is 0 Å². The van der Waals surface area contributed by atoms with E-state index in [9.17, 15) is 9.59 Å². The van der Waals surface area contributed by atoms with Gasteiger partial charge >= 0.3 is 0 Å². The van der Waals surface area contributed by atoms with Crippen LogP contribution in [-0.4, -0.2) is 39.2 Å². The third kappa shape index (κ3) is 4.12. The number of carbonyl (C=O) groups excluding carboxylic acids is 2. The molecule has 0 spiro atoms. The number of likely N-dealkylation sites (tertiary alicyclic amines) is 1. The molecule has 2 aromatic carbocycles. The number of aryl methyl sites for hydroxylation is 3. The van der Waals surface area contributed by atoms with Crippen molar-refractivity contribution in [2.24, 2.45) is 5.92 Å². The Balaban J connectivity index is 1.42. The van der Waals surface area contributed by atoms with E-state index in [2.05, 4.69) is 9.55 Å². The molecular weight excluding hydrogens is 398 g/mol. The van der Waals surface area contributed by atoms with E-state index >= 15 is 0 Å². The molecule has 1 atom stereocenters. The van der Waals surface area contributed by atoms with Crippen LogP contribution >= 0.6 is 11.6 Å². The number of Topliss-reactive ketones (excluding diaryl/α,β-unsaturated/α-hetero) is 1. The van der Waals surface area contributed by atoms with Gasteiger partial charge in [0.1, 0.15) is 5.82 Å². The van der Waals surface area contributed by atoms with Gasteiger partial charge in [0.2, 0.25) is 5.91 Å². The van der Waals surface area contributed by atoms with Crippen LogP contribution in [0.1, 0.15) is 41.0 Å². The molecule has 0 bridgehead atoms. The first-order valence-electron chi connectivity index (χ1n) is 10.4. The standard InChI is InChI=1S/C24H26ClN3O2/c1-16-14-19(25)9-10-20(16)24(30)18-6-5-12-27(15-18)23(29)11-13-28-17(2)26-21-7-3-4-8-22(21)28/h3-4,7-10,14,18H,5-6,11-13,15H2,1-2H3/t18-/m1/s1. The second kappa shape index (κ2) is 8.60. The number of hydrogen-bond donors (Lipinski definition) is 0. The Morgan fingerprint density at radius 1 is 1.17 bits per heavy atom. The summed E-state index contributed by atoms with van der Waals surface area (Å²) in [5.74, 6) is 0.961. The molecule has 1 aromatic heterocycles. The van der Waals surface area contributed by atoms with Crippen molar-refractivity contribution in [3.63, 3.8) is 0 Å². The maximum absolute atomic E-state index is 13.0. The summed E-state index contributed by atoms with van der Waals surface area (Å²) in [5, 5.41) is 0.631. The fourth-order valence-corrected chi connectivity index (χ4v) is 4.61. The van der Waals surface area contributed by atoms with Gasteiger partial charge in [0.05, 0.1) is 11.0 Å². The Morgan fingerprint density at radius 3 is 2.77 bits per heavy atom. The van der Waals surface area contributed by atoms with E-state index < -0.39 is 0 Å². The van der Waals surface area contributed by atoms with Crippen LogP contribution in [0.5, 0.6) is 0 Å². The molecule has 2 heterocycles. The van der Waals surface area contributed by atoms with Crippen LogP contribution in [-0.2, 0) is 11.3 Å². The van der Waals surface area contributed by atoms with Crippen molar-refractivity contribution in [2.45, 2.75) is 39.7 Å². The number of imidazole rings is 1. The topological polar surface area (TPSA) is 55.2 Å². The van der Waals surface area contributed by atoms with Gasteiger partial charge in [0, 0.05) is 42.6 Å². The number of halogens is 1. The van der Waals surface area contributed by atoms with E-state index in [-0.39, 0.29) is 17.6 Å². The molecule has 1 aliphatic rings. The van der Waals surface area contributed by atoms with Crippen LogP contribution in [0.4, 0.5) is 0 Å². The third-order valence-electron chi connectivity index (χ3n) is 5.99. The van der Waals surface area contributed by atoms with E-state index in [1.807, 2.05) is 49.1 Å². The minimum Gasteiger partial charge on any atom is -0.342 e. The number of aromatic nitrogens is 2. The lowest BCUT2D eigenvalue weighted by molar-refractivity contribution is -0.132. The van der Waals surface area contributed by atoms with Crippen molar-refractivity contribution in [3.8, 4) is 0 Å². The van der Waals surface area contributed by atoms with Crippen LogP contribution in [0, 0.1) is 19.8 Å². The van der Waals surface area contributed by atoms with Crippen molar-refractivity contribution in [1.29, 1.82) is 0 Å². The number of para-hydroxylation sites is 2. The highest BCUT2D eigenvalue weighted by Crippen LogP contribution is 2.25. The van der Waals surface area contributed by atoms with E-state index in [0.29, 0.717) is 36.6 Å². The molecule has 5 nitrogen and oxygen atoms in total. The molecule has 0 saturated carbocycles. The van der Waals surface area contributed by atoms with Crippen LogP contribution < -0.4 is 0 Å². The summed E-state index contributed by atoms with van der Waals surface area (Å²) in [6.07, 6.45) is 2.07. The predicted molar refractivity (Wildman–Crippen MR) is 119 cm³/mol. The Bertz CT molecular complexity index is 1110. The molecule has 0 N–H and O–H groups in total. The van der Waals surface area contributed by atoms with Crippen LogP contribution in [0.25, 0.3) is 11.0 Å². The number of amides is 1. The molecular formula is C24H26ClN3O2. The summed E-state index contributed by atoms with van der Waals surface area (Å²) < 4.78 is 2.09. The predicted octanol–water partition coefficient (Wildman–Crippen LogP) is 4.82. The second-order valence-corrected chi connectivity index (χ2v) is 8.49. The van der Waals surface area contributed by atoms with Gasteiger partial charge in [-0.3, -0.25) is 9.59 Å². The summed E-state index contributed by atoms with van der Waals surface area (Å²) >= 11 is 6.03. The number of benzene rings is 2. The van der Waals surface area contributed by atoms with Gasteiger partial charge in [-0.15, -0.1) is 0 Å². The third-order valence-corrected chi connectivity index (χ3v) is 6.23. The van der Waals surface area contributed by atoms with E-state index in [1.54, 1.807) is 12.1 Å². The van der Waals surface area contributed by atoms with Gasteiger partial charge in [0.15, 0.2) is 5.78 Å². The first kappa shape index (κ1) is 20.6. The molecule has 1 fully saturated rings. The number of carbonyl (C=O) groups is 2. The molecule has 1 aliphatic heterocycles. The number of piperidine rings is 1. The highest BCUT2D eigenvalue weighted by Gasteiger charge is 2.29. The van der Waals surface area contributed by atoms with Crippen molar-refractivity contribution in [2.75, 3.05) is 13.1 Å². The number of nitrogens with zero attached hydrogens (tertiary/aromatic N) is 3. The minimum atomic E-state index is -0.154. The summed E-state index contributed by atoms with van der Waals surface area (Å²) in [6.45, 7) is 5.67. The largest absolute Gasteiger partial charge is 0.342 e. The zero-order chi connectivity index (χ0) is 21.3. The normalized spacial score (nSPS) is 16.8. The highest BCUT2D eigenvalue weighted by atomic mass is 35.5. The average Bonchev–Trinajstić information content (AvgIpc) is 3.06. The summed E-state index contributed by atoms with van der Waals surface area (Å²) in [4.78, 5) is 32.4. The molecule has 0 aliphatic carbocycles. The fourth-order valence-electron chi connectivity index (χ4n) is 4.38. The number of fused-ring (bicyclic) bond motifs is 1. The second-order valence-electron chi connectivity index (χ2n) is 8.05. The zero-order valence-corrected chi connectivity index (χ0v) is 18.2. The lowest BCUT2D eigenvalue weighted by atomic mass is 9.88. The number of rotatable bonds is 5. The van der Waals surface area contributed by atoms with Gasteiger partial charge in [0.25, 0.3) is 0 Å². The van der Waals surface area contributed by atoms with Crippen molar-refractivity contribution in [3.05, 3.63) is 64.4 Å². The number of ketones is 1. The maximum atomic E-state index is 13.0. The lowest BCUT2D eigenvalue weighted by Crippen LogP contribution is -2.42. The van der Waals surface area contributed by atoms with Gasteiger partial charge in [-0.1, -0.05) is 23.7 Å². The van der Waals surface area contributed by atoms with Crippen LogP contribution in [0.2, 0.25) is 5.02 Å². The minimum absolute atomic E-state index is 0.0949. The average molecular weight is 424 g/mol. The van der Waals surface area contributed by atoms with Gasteiger partial charge in [-0.2, -0.15) is 0 Å². The number of hydrogen-bond acceptors (Lipinski definition) is 3. The molecule has 156 valence electrons. The first-order valence-corrected chi connectivity index (χ1v) is 10.8. The molecule has 3 aromatic rings. The van der Waals surface area contributed by atoms with Crippen LogP contribution in [0.15, 0.2) is 42.5 Å². The van der Waals surface area contributed by atoms with E-state index in [4.69, 9.17) is 11.6 Å². The molecule has 30 heavy (non-hydrogen) atoms. The zero-order valence-electron chi connectivity index (χ0n) is 17.4. The monoisotopic (exact) mass is 423 g/mol. The van der Waals surface area contributed by atoms with Crippen molar-refractivity contribution < 1.29 is 9.59 Å². The smallest absolute Gasteiger partial charge is 0.224 e. The molecule has 0 radical (unpaired) electrons. The van der Waals surface area contributed by atoms with Crippen LogP contribution in [0.3, 0.4) is 0 Å². The van der Waals surface area contributed by atoms with Gasteiger partial charge in [-0.05, 0) is 62.6 Å². The maximum Gasteiger partial charge on any atom is 0.224 e. The van der Waals surface area contributed by atoms with Crippen molar-refractivity contribution >= 4 is 34.3 Å². The lowest BCUT2D eigenvalue weighted by Gasteiger charge is -2.32. The molecule has 1 saturated heterocycles.